The summed E-state index contributed by atoms with van der Waals surface area (Å²) in [6, 6.07) is 0. The number of carbonyl (C=O) groups is 2. The molecule has 0 rings (SSSR count). The zero-order valence-corrected chi connectivity index (χ0v) is 21.3. The monoisotopic (exact) mass is 498 g/mol. The van der Waals surface area contributed by atoms with Crippen LogP contribution in [0.15, 0.2) is 0 Å². The van der Waals surface area contributed by atoms with Gasteiger partial charge in [0.2, 0.25) is 0 Å². The molecule has 0 aromatic rings. The van der Waals surface area contributed by atoms with E-state index in [1.165, 1.54) is 32.1 Å². The molecule has 2 N–H and O–H groups in total. The third-order valence-electron chi connectivity index (χ3n) is 4.88. The average Bonchev–Trinajstić information content (AvgIpc) is 2.74. The van der Waals surface area contributed by atoms with Gasteiger partial charge in [0.25, 0.3) is 6.47 Å². The van der Waals surface area contributed by atoms with E-state index in [2.05, 4.69) is 16.2 Å². The second-order valence-electron chi connectivity index (χ2n) is 7.93. The van der Waals surface area contributed by atoms with Crippen molar-refractivity contribution in [3.63, 3.8) is 0 Å². The first-order chi connectivity index (χ1) is 15.4. The summed E-state index contributed by atoms with van der Waals surface area (Å²) >= 11 is 1.59. The van der Waals surface area contributed by atoms with Crippen LogP contribution in [0.3, 0.4) is 0 Å². The van der Waals surface area contributed by atoms with Crippen LogP contribution in [0.25, 0.3) is 0 Å². The number of hydrogen-bond acceptors (Lipinski definition) is 7. The van der Waals surface area contributed by atoms with E-state index in [-0.39, 0.29) is 12.6 Å². The van der Waals surface area contributed by atoms with Crippen LogP contribution >= 0.6 is 19.6 Å². The van der Waals surface area contributed by atoms with Crippen molar-refractivity contribution in [2.24, 2.45) is 0 Å². The van der Waals surface area contributed by atoms with E-state index in [1.807, 2.05) is 0 Å². The van der Waals surface area contributed by atoms with Crippen molar-refractivity contribution in [2.45, 2.75) is 103 Å². The molecule has 0 saturated carbocycles. The molecule has 0 unspecified atom stereocenters. The summed E-state index contributed by atoms with van der Waals surface area (Å²) in [5.74, 6) is 0.969. The lowest BCUT2D eigenvalue weighted by Gasteiger charge is -2.18. The standard InChI is InChI=1S/C22H43O8PS/c1-2-3-4-5-6-7-9-12-15-22(24)30-21(18-29-31(25,26)27)19-32-17-14-11-8-10-13-16-28-20-23/h20-21H,2-19H2,1H3,(H2,25,26,27)/t21-/m1/s1. The summed E-state index contributed by atoms with van der Waals surface area (Å²) in [7, 11) is -4.60. The van der Waals surface area contributed by atoms with Crippen LogP contribution in [0, 0.1) is 0 Å². The number of rotatable bonds is 24. The van der Waals surface area contributed by atoms with E-state index in [0.717, 1.165) is 57.1 Å². The molecule has 0 saturated heterocycles. The van der Waals surface area contributed by atoms with E-state index >= 15 is 0 Å². The molecule has 0 aliphatic rings. The van der Waals surface area contributed by atoms with Gasteiger partial charge in [-0.2, -0.15) is 11.8 Å². The molecule has 0 amide bonds. The topological polar surface area (TPSA) is 119 Å². The Morgan fingerprint density at radius 3 is 2.16 bits per heavy atom. The zero-order valence-electron chi connectivity index (χ0n) is 19.6. The van der Waals surface area contributed by atoms with Gasteiger partial charge in [0, 0.05) is 12.2 Å². The van der Waals surface area contributed by atoms with Crippen molar-refractivity contribution in [1.82, 2.24) is 0 Å². The van der Waals surface area contributed by atoms with Crippen LogP contribution in [0.2, 0.25) is 0 Å². The number of hydrogen-bond donors (Lipinski definition) is 2. The van der Waals surface area contributed by atoms with Gasteiger partial charge in [-0.1, -0.05) is 71.1 Å². The van der Waals surface area contributed by atoms with Gasteiger partial charge in [0.05, 0.1) is 13.2 Å². The molecule has 1 atom stereocenters. The van der Waals surface area contributed by atoms with E-state index in [0.29, 0.717) is 25.3 Å². The van der Waals surface area contributed by atoms with Crippen molar-refractivity contribution < 1.29 is 37.9 Å². The van der Waals surface area contributed by atoms with Gasteiger partial charge in [0.1, 0.15) is 6.10 Å². The summed E-state index contributed by atoms with van der Waals surface area (Å²) in [6.45, 7) is 2.81. The minimum absolute atomic E-state index is 0.308. The molecule has 0 aliphatic heterocycles. The Morgan fingerprint density at radius 2 is 1.53 bits per heavy atom. The largest absolute Gasteiger partial charge is 0.469 e. The lowest BCUT2D eigenvalue weighted by Crippen LogP contribution is -2.25. The molecule has 0 aromatic heterocycles. The Balaban J connectivity index is 3.98. The van der Waals surface area contributed by atoms with Crippen LogP contribution in [-0.4, -0.2) is 53.1 Å². The molecule has 190 valence electrons. The highest BCUT2D eigenvalue weighted by molar-refractivity contribution is 7.99. The van der Waals surface area contributed by atoms with Crippen molar-refractivity contribution in [2.75, 3.05) is 24.7 Å². The van der Waals surface area contributed by atoms with Gasteiger partial charge in [-0.25, -0.2) is 4.57 Å². The van der Waals surface area contributed by atoms with E-state index in [1.54, 1.807) is 11.8 Å². The number of carbonyl (C=O) groups excluding carboxylic acids is 2. The van der Waals surface area contributed by atoms with Crippen LogP contribution < -0.4 is 0 Å². The van der Waals surface area contributed by atoms with Crippen molar-refractivity contribution >= 4 is 32.0 Å². The first-order valence-corrected chi connectivity index (χ1v) is 14.6. The molecule has 0 spiro atoms. The van der Waals surface area contributed by atoms with Crippen LogP contribution in [0.5, 0.6) is 0 Å². The highest BCUT2D eigenvalue weighted by atomic mass is 32.2. The number of phosphoric acid groups is 1. The first kappa shape index (κ1) is 31.4. The molecule has 0 aliphatic carbocycles. The number of unbranched alkanes of at least 4 members (excludes halogenated alkanes) is 11. The van der Waals surface area contributed by atoms with E-state index < -0.39 is 13.9 Å². The maximum atomic E-state index is 12.1. The fourth-order valence-electron chi connectivity index (χ4n) is 3.13. The molecular formula is C22H43O8PS. The molecular weight excluding hydrogens is 455 g/mol. The molecule has 0 aromatic carbocycles. The van der Waals surface area contributed by atoms with Crippen molar-refractivity contribution in [3.8, 4) is 0 Å². The fraction of sp³-hybridized carbons (Fsp3) is 0.909. The van der Waals surface area contributed by atoms with Crippen LogP contribution in [0.4, 0.5) is 0 Å². The molecule has 10 heteroatoms. The number of thioether (sulfide) groups is 1. The predicted molar refractivity (Wildman–Crippen MR) is 128 cm³/mol. The van der Waals surface area contributed by atoms with Crippen LogP contribution in [0.1, 0.15) is 96.8 Å². The molecule has 0 fully saturated rings. The number of ether oxygens (including phenoxy) is 2. The number of esters is 1. The maximum Gasteiger partial charge on any atom is 0.469 e. The van der Waals surface area contributed by atoms with E-state index in [4.69, 9.17) is 14.5 Å². The SMILES string of the molecule is CCCCCCCCCCC(=O)O[C@H](COP(=O)(O)O)CSCCCCCCCOC=O. The van der Waals surface area contributed by atoms with Gasteiger partial charge >= 0.3 is 13.8 Å². The third kappa shape index (κ3) is 24.1. The molecule has 0 heterocycles. The third-order valence-corrected chi connectivity index (χ3v) is 6.55. The summed E-state index contributed by atoms with van der Waals surface area (Å²) < 4.78 is 25.6. The zero-order chi connectivity index (χ0) is 23.9. The smallest absolute Gasteiger partial charge is 0.468 e. The lowest BCUT2D eigenvalue weighted by molar-refractivity contribution is -0.149. The average molecular weight is 499 g/mol. The second kappa shape index (κ2) is 22.2. The summed E-state index contributed by atoms with van der Waals surface area (Å²) in [5.41, 5.74) is 0. The molecule has 8 nitrogen and oxygen atoms in total. The van der Waals surface area contributed by atoms with Gasteiger partial charge in [-0.05, 0) is 25.0 Å². The second-order valence-corrected chi connectivity index (χ2v) is 10.3. The molecule has 32 heavy (non-hydrogen) atoms. The summed E-state index contributed by atoms with van der Waals surface area (Å²) in [5, 5.41) is 0. The Labute approximate surface area is 197 Å². The van der Waals surface area contributed by atoms with Gasteiger partial charge in [0.15, 0.2) is 0 Å². The maximum absolute atomic E-state index is 12.1. The predicted octanol–water partition coefficient (Wildman–Crippen LogP) is 5.40. The Hall–Kier alpha value is -0.600. The number of phosphoric ester groups is 1. The molecule has 0 bridgehead atoms. The minimum atomic E-state index is -4.60. The molecule has 0 radical (unpaired) electrons. The van der Waals surface area contributed by atoms with Gasteiger partial charge < -0.3 is 19.3 Å². The van der Waals surface area contributed by atoms with E-state index in [9.17, 15) is 14.2 Å². The van der Waals surface area contributed by atoms with Gasteiger partial charge in [-0.15, -0.1) is 0 Å². The lowest BCUT2D eigenvalue weighted by atomic mass is 10.1. The van der Waals surface area contributed by atoms with Crippen molar-refractivity contribution in [3.05, 3.63) is 0 Å². The highest BCUT2D eigenvalue weighted by Crippen LogP contribution is 2.36. The minimum Gasteiger partial charge on any atom is -0.468 e. The summed E-state index contributed by atoms with van der Waals surface area (Å²) in [4.78, 5) is 40.0. The highest BCUT2D eigenvalue weighted by Gasteiger charge is 2.21. The van der Waals surface area contributed by atoms with Crippen LogP contribution in [-0.2, 0) is 28.2 Å². The quantitative estimate of drug-likeness (QED) is 0.0780. The van der Waals surface area contributed by atoms with Crippen molar-refractivity contribution in [1.29, 1.82) is 0 Å². The Morgan fingerprint density at radius 1 is 0.938 bits per heavy atom. The Kier molecular flexibility index (Phi) is 21.8. The normalized spacial score (nSPS) is 12.5. The summed E-state index contributed by atoms with van der Waals surface area (Å²) in [6.07, 6.45) is 13.7. The van der Waals surface area contributed by atoms with Gasteiger partial charge in [-0.3, -0.25) is 14.1 Å². The fourth-order valence-corrected chi connectivity index (χ4v) is 4.49. The first-order valence-electron chi connectivity index (χ1n) is 11.9. The Bertz CT molecular complexity index is 500.